The second kappa shape index (κ2) is 7.03. The number of likely N-dealkylation sites (tertiary alicyclic amines) is 1. The van der Waals surface area contributed by atoms with Crippen LogP contribution in [0.25, 0.3) is 11.4 Å². The molecule has 26 heavy (non-hydrogen) atoms. The van der Waals surface area contributed by atoms with Crippen LogP contribution in [0.4, 0.5) is 0 Å². The lowest BCUT2D eigenvalue weighted by Gasteiger charge is -2.35. The first kappa shape index (κ1) is 17.0. The molecule has 136 valence electrons. The minimum atomic E-state index is -0.0849. The predicted molar refractivity (Wildman–Crippen MR) is 99.6 cm³/mol. The molecule has 1 aromatic heterocycles. The van der Waals surface area contributed by atoms with E-state index >= 15 is 0 Å². The number of fused-ring (bicyclic) bond motifs is 1. The van der Waals surface area contributed by atoms with E-state index in [9.17, 15) is 9.59 Å². The predicted octanol–water partition coefficient (Wildman–Crippen LogP) is 1.66. The van der Waals surface area contributed by atoms with E-state index in [1.807, 2.05) is 35.2 Å². The van der Waals surface area contributed by atoms with Gasteiger partial charge in [-0.25, -0.2) is 4.98 Å². The molecule has 0 unspecified atom stereocenters. The Bertz CT molecular complexity index is 862. The minimum absolute atomic E-state index is 0.0610. The zero-order valence-electron chi connectivity index (χ0n) is 15.1. The van der Waals surface area contributed by atoms with E-state index in [1.165, 1.54) is 0 Å². The third-order valence-electron chi connectivity index (χ3n) is 5.41. The molecule has 6 nitrogen and oxygen atoms in total. The number of aromatic nitrogens is 2. The molecule has 2 aromatic rings. The monoisotopic (exact) mass is 352 g/mol. The van der Waals surface area contributed by atoms with Gasteiger partial charge in [-0.05, 0) is 32.9 Å². The van der Waals surface area contributed by atoms with Crippen molar-refractivity contribution in [2.24, 2.45) is 5.92 Å². The first-order valence-corrected chi connectivity index (χ1v) is 9.26. The first-order chi connectivity index (χ1) is 12.6. The average molecular weight is 352 g/mol. The summed E-state index contributed by atoms with van der Waals surface area (Å²) in [5, 5.41) is 0. The Morgan fingerprint density at radius 3 is 2.81 bits per heavy atom. The zero-order chi connectivity index (χ0) is 18.1. The molecule has 1 fully saturated rings. The molecule has 0 radical (unpaired) electrons. The van der Waals surface area contributed by atoms with Crippen molar-refractivity contribution in [3.8, 4) is 11.4 Å². The molecule has 3 heterocycles. The van der Waals surface area contributed by atoms with E-state index in [0.29, 0.717) is 25.3 Å². The van der Waals surface area contributed by atoms with Gasteiger partial charge in [0.05, 0.1) is 18.2 Å². The Labute approximate surface area is 152 Å². The number of hydrogen-bond acceptors (Lipinski definition) is 4. The van der Waals surface area contributed by atoms with Crippen LogP contribution in [0.3, 0.4) is 0 Å². The molecular weight excluding hydrogens is 328 g/mol. The third kappa shape index (κ3) is 3.29. The second-order valence-corrected chi connectivity index (χ2v) is 7.32. The number of H-pyrrole nitrogens is 1. The van der Waals surface area contributed by atoms with Crippen LogP contribution >= 0.6 is 0 Å². The lowest BCUT2D eigenvalue weighted by molar-refractivity contribution is -0.138. The molecule has 4 rings (SSSR count). The quantitative estimate of drug-likeness (QED) is 0.893. The van der Waals surface area contributed by atoms with Crippen molar-refractivity contribution in [3.63, 3.8) is 0 Å². The summed E-state index contributed by atoms with van der Waals surface area (Å²) in [6.07, 6.45) is 2.58. The number of rotatable bonds is 2. The molecule has 2 aliphatic rings. The van der Waals surface area contributed by atoms with Crippen LogP contribution in [0.1, 0.15) is 24.1 Å². The van der Waals surface area contributed by atoms with Gasteiger partial charge in [0.25, 0.3) is 5.56 Å². The van der Waals surface area contributed by atoms with Crippen LogP contribution in [-0.2, 0) is 17.8 Å². The Morgan fingerprint density at radius 2 is 2.04 bits per heavy atom. The Morgan fingerprint density at radius 1 is 1.23 bits per heavy atom. The van der Waals surface area contributed by atoms with Crippen molar-refractivity contribution >= 4 is 5.91 Å². The van der Waals surface area contributed by atoms with Crippen molar-refractivity contribution in [1.29, 1.82) is 0 Å². The molecule has 1 atom stereocenters. The lowest BCUT2D eigenvalue weighted by atomic mass is 9.95. The standard InChI is InChI=1S/C20H24N4O2/c1-23-10-5-8-15(12-23)20(26)24-11-9-16-17(13-24)21-18(22-19(16)25)14-6-3-2-4-7-14/h2-4,6-7,15H,5,8-13H2,1H3,(H,21,22,25)/t15-/m0/s1. The summed E-state index contributed by atoms with van der Waals surface area (Å²) >= 11 is 0. The number of piperidine rings is 1. The summed E-state index contributed by atoms with van der Waals surface area (Å²) in [6.45, 7) is 2.91. The molecular formula is C20H24N4O2. The van der Waals surface area contributed by atoms with Crippen molar-refractivity contribution < 1.29 is 4.79 Å². The second-order valence-electron chi connectivity index (χ2n) is 7.32. The molecule has 0 bridgehead atoms. The summed E-state index contributed by atoms with van der Waals surface area (Å²) in [7, 11) is 2.07. The topological polar surface area (TPSA) is 69.3 Å². The van der Waals surface area contributed by atoms with E-state index in [1.54, 1.807) is 0 Å². The highest BCUT2D eigenvalue weighted by atomic mass is 16.2. The lowest BCUT2D eigenvalue weighted by Crippen LogP contribution is -2.46. The van der Waals surface area contributed by atoms with Crippen molar-refractivity contribution in [2.45, 2.75) is 25.8 Å². The number of benzene rings is 1. The van der Waals surface area contributed by atoms with Crippen molar-refractivity contribution in [1.82, 2.24) is 19.8 Å². The summed E-state index contributed by atoms with van der Waals surface area (Å²) in [5.41, 5.74) is 2.24. The van der Waals surface area contributed by atoms with Gasteiger partial charge >= 0.3 is 0 Å². The van der Waals surface area contributed by atoms with E-state index in [0.717, 1.165) is 42.8 Å². The van der Waals surface area contributed by atoms with Crippen LogP contribution in [0.2, 0.25) is 0 Å². The minimum Gasteiger partial charge on any atom is -0.336 e. The Hall–Kier alpha value is -2.47. The number of nitrogens with zero attached hydrogens (tertiary/aromatic N) is 3. The highest BCUT2D eigenvalue weighted by molar-refractivity contribution is 5.79. The van der Waals surface area contributed by atoms with Crippen LogP contribution in [0.5, 0.6) is 0 Å². The molecule has 1 amide bonds. The molecule has 1 aromatic carbocycles. The van der Waals surface area contributed by atoms with Crippen molar-refractivity contribution in [3.05, 3.63) is 51.9 Å². The summed E-state index contributed by atoms with van der Waals surface area (Å²) < 4.78 is 0. The van der Waals surface area contributed by atoms with E-state index in [2.05, 4.69) is 21.9 Å². The van der Waals surface area contributed by atoms with Gasteiger partial charge in [-0.3, -0.25) is 9.59 Å². The van der Waals surface area contributed by atoms with Crippen LogP contribution < -0.4 is 5.56 Å². The van der Waals surface area contributed by atoms with Gasteiger partial charge in [-0.15, -0.1) is 0 Å². The van der Waals surface area contributed by atoms with E-state index in [4.69, 9.17) is 0 Å². The summed E-state index contributed by atoms with van der Waals surface area (Å²) in [4.78, 5) is 37.1. The molecule has 0 spiro atoms. The fourth-order valence-corrected chi connectivity index (χ4v) is 3.99. The van der Waals surface area contributed by atoms with Crippen molar-refractivity contribution in [2.75, 3.05) is 26.7 Å². The van der Waals surface area contributed by atoms with E-state index in [-0.39, 0.29) is 17.4 Å². The molecule has 1 N–H and O–H groups in total. The van der Waals surface area contributed by atoms with Gasteiger partial charge < -0.3 is 14.8 Å². The SMILES string of the molecule is CN1CCC[C@H](C(=O)N2CCc3c(nc(-c4ccccc4)[nH]c3=O)C2)C1. The highest BCUT2D eigenvalue weighted by Gasteiger charge is 2.31. The summed E-state index contributed by atoms with van der Waals surface area (Å²) in [5.74, 6) is 0.831. The first-order valence-electron chi connectivity index (χ1n) is 9.26. The average Bonchev–Trinajstić information content (AvgIpc) is 2.67. The van der Waals surface area contributed by atoms with Crippen LogP contribution in [-0.4, -0.2) is 52.4 Å². The maximum absolute atomic E-state index is 12.9. The Balaban J connectivity index is 1.58. The number of carbonyl (C=O) groups is 1. The van der Waals surface area contributed by atoms with Crippen LogP contribution in [0, 0.1) is 5.92 Å². The maximum atomic E-state index is 12.9. The third-order valence-corrected chi connectivity index (χ3v) is 5.41. The molecule has 0 saturated carbocycles. The number of carbonyl (C=O) groups excluding carboxylic acids is 1. The van der Waals surface area contributed by atoms with Gasteiger partial charge in [0, 0.05) is 24.2 Å². The summed E-state index contributed by atoms with van der Waals surface area (Å²) in [6, 6.07) is 9.62. The maximum Gasteiger partial charge on any atom is 0.254 e. The molecule has 2 aliphatic heterocycles. The molecule has 6 heteroatoms. The zero-order valence-corrected chi connectivity index (χ0v) is 15.1. The number of hydrogen-bond donors (Lipinski definition) is 1. The fraction of sp³-hybridized carbons (Fsp3) is 0.450. The molecule has 0 aliphatic carbocycles. The van der Waals surface area contributed by atoms with Gasteiger partial charge in [0.1, 0.15) is 5.82 Å². The Kier molecular flexibility index (Phi) is 4.59. The number of nitrogens with one attached hydrogen (secondary N) is 1. The largest absolute Gasteiger partial charge is 0.336 e. The fourth-order valence-electron chi connectivity index (χ4n) is 3.99. The highest BCUT2D eigenvalue weighted by Crippen LogP contribution is 2.23. The number of amides is 1. The number of aromatic amines is 1. The van der Waals surface area contributed by atoms with Gasteiger partial charge in [0.2, 0.25) is 5.91 Å². The molecule has 1 saturated heterocycles. The van der Waals surface area contributed by atoms with Gasteiger partial charge in [-0.2, -0.15) is 0 Å². The normalized spacial score (nSPS) is 20.7. The van der Waals surface area contributed by atoms with Gasteiger partial charge in [0.15, 0.2) is 0 Å². The van der Waals surface area contributed by atoms with Crippen LogP contribution in [0.15, 0.2) is 35.1 Å². The smallest absolute Gasteiger partial charge is 0.254 e. The van der Waals surface area contributed by atoms with E-state index < -0.39 is 0 Å². The van der Waals surface area contributed by atoms with Gasteiger partial charge in [-0.1, -0.05) is 30.3 Å².